The first-order valence-electron chi connectivity index (χ1n) is 11.4. The number of thiazole rings is 1. The summed E-state index contributed by atoms with van der Waals surface area (Å²) >= 11 is 1.50. The van der Waals surface area contributed by atoms with E-state index in [1.807, 2.05) is 11.4 Å². The molecule has 0 saturated carbocycles. The maximum absolute atomic E-state index is 12.9. The Balaban J connectivity index is 1.67. The molecule has 1 fully saturated rings. The van der Waals surface area contributed by atoms with Crippen molar-refractivity contribution in [3.63, 3.8) is 0 Å². The van der Waals surface area contributed by atoms with Crippen LogP contribution in [0.5, 0.6) is 0 Å². The number of aromatic amines is 1. The number of anilines is 1. The monoisotopic (exact) mass is 487 g/mol. The van der Waals surface area contributed by atoms with E-state index in [0.29, 0.717) is 21.7 Å². The van der Waals surface area contributed by atoms with Gasteiger partial charge in [-0.25, -0.2) is 4.98 Å². The molecule has 1 aliphatic rings. The molecule has 0 bridgehead atoms. The van der Waals surface area contributed by atoms with E-state index in [4.69, 9.17) is 9.41 Å². The fourth-order valence-electron chi connectivity index (χ4n) is 5.56. The summed E-state index contributed by atoms with van der Waals surface area (Å²) in [6.45, 7) is 7.61. The third-order valence-corrected chi connectivity index (χ3v) is 8.63. The molecule has 0 amide bonds. The maximum Gasteiger partial charge on any atom is 0.213 e. The molecule has 0 aliphatic carbocycles. The van der Waals surface area contributed by atoms with Gasteiger partial charge >= 0.3 is 0 Å². The SMILES string of the molecule is CC(C)(C)C1(c2ccccc2)CN(c2nc(C(=O)c3cc[nH]c3)cs2)C1(O[SiH3])c1ccccc1. The number of hydrogen-bond donors (Lipinski definition) is 1. The summed E-state index contributed by atoms with van der Waals surface area (Å²) in [5, 5.41) is 2.65. The van der Waals surface area contributed by atoms with Crippen LogP contribution in [0.3, 0.4) is 0 Å². The molecule has 0 radical (unpaired) electrons. The van der Waals surface area contributed by atoms with Crippen LogP contribution in [0, 0.1) is 5.41 Å². The van der Waals surface area contributed by atoms with Crippen LogP contribution < -0.4 is 4.90 Å². The zero-order chi connectivity index (χ0) is 24.0. The zero-order valence-corrected chi connectivity index (χ0v) is 22.7. The second kappa shape index (κ2) is 8.34. The lowest BCUT2D eigenvalue weighted by Gasteiger charge is -2.70. The van der Waals surface area contributed by atoms with E-state index in [2.05, 4.69) is 85.3 Å². The standard InChI is InChI=1S/C27H29N3O2SSi/c1-25(2,3)26(20-10-6-4-7-11-20)18-30(27(26,32-34)21-12-8-5-9-13-21)24-29-22(17-33-24)23(31)19-14-15-28-16-19/h4-17,28H,18H2,1-3,34H3. The predicted octanol–water partition coefficient (Wildman–Crippen LogP) is 4.66. The van der Waals surface area contributed by atoms with Gasteiger partial charge in [0.25, 0.3) is 0 Å². The van der Waals surface area contributed by atoms with Crippen molar-refractivity contribution in [3.05, 3.63) is 107 Å². The fourth-order valence-corrected chi connectivity index (χ4v) is 7.21. The Morgan fingerprint density at radius 1 is 1.06 bits per heavy atom. The van der Waals surface area contributed by atoms with Gasteiger partial charge in [0.2, 0.25) is 5.78 Å². The minimum absolute atomic E-state index is 0.0773. The first-order valence-corrected chi connectivity index (χ1v) is 13.1. The van der Waals surface area contributed by atoms with E-state index < -0.39 is 5.72 Å². The summed E-state index contributed by atoms with van der Waals surface area (Å²) in [6, 6.07) is 22.9. The van der Waals surface area contributed by atoms with E-state index in [1.54, 1.807) is 18.5 Å². The van der Waals surface area contributed by atoms with Crippen LogP contribution >= 0.6 is 11.3 Å². The molecular formula is C27H29N3O2SSi. The fraction of sp³-hybridized carbons (Fsp3) is 0.259. The van der Waals surface area contributed by atoms with Crippen molar-refractivity contribution in [3.8, 4) is 0 Å². The molecule has 2 aromatic carbocycles. The average molecular weight is 488 g/mol. The van der Waals surface area contributed by atoms with Gasteiger partial charge in [-0.15, -0.1) is 11.3 Å². The summed E-state index contributed by atoms with van der Waals surface area (Å²) < 4.78 is 6.71. The number of aromatic nitrogens is 2. The lowest BCUT2D eigenvalue weighted by molar-refractivity contribution is -0.130. The second-order valence-corrected chi connectivity index (χ2v) is 11.0. The van der Waals surface area contributed by atoms with Gasteiger partial charge in [0, 0.05) is 35.4 Å². The van der Waals surface area contributed by atoms with Crippen molar-refractivity contribution < 1.29 is 9.22 Å². The highest BCUT2D eigenvalue weighted by atomic mass is 32.1. The lowest BCUT2D eigenvalue weighted by Crippen LogP contribution is -2.79. The summed E-state index contributed by atoms with van der Waals surface area (Å²) in [7, 11) is 0.539. The maximum atomic E-state index is 12.9. The lowest BCUT2D eigenvalue weighted by atomic mass is 9.50. The summed E-state index contributed by atoms with van der Waals surface area (Å²) in [5.74, 6) is -0.0773. The van der Waals surface area contributed by atoms with E-state index in [-0.39, 0.29) is 16.6 Å². The van der Waals surface area contributed by atoms with Crippen LogP contribution in [0.4, 0.5) is 5.13 Å². The smallest absolute Gasteiger partial charge is 0.213 e. The molecule has 5 nitrogen and oxygen atoms in total. The van der Waals surface area contributed by atoms with Crippen molar-refractivity contribution in [1.29, 1.82) is 0 Å². The predicted molar refractivity (Wildman–Crippen MR) is 140 cm³/mol. The van der Waals surface area contributed by atoms with Crippen LogP contribution in [0.2, 0.25) is 0 Å². The van der Waals surface area contributed by atoms with Gasteiger partial charge in [0.15, 0.2) is 10.9 Å². The Hall–Kier alpha value is -3.00. The molecule has 174 valence electrons. The van der Waals surface area contributed by atoms with Gasteiger partial charge in [0.1, 0.15) is 16.2 Å². The van der Waals surface area contributed by atoms with E-state index >= 15 is 0 Å². The van der Waals surface area contributed by atoms with Crippen LogP contribution in [-0.2, 0) is 15.6 Å². The third-order valence-electron chi connectivity index (χ3n) is 7.18. The minimum atomic E-state index is -0.730. The van der Waals surface area contributed by atoms with Crippen molar-refractivity contribution in [1.82, 2.24) is 9.97 Å². The Bertz CT molecular complexity index is 1280. The van der Waals surface area contributed by atoms with E-state index in [9.17, 15) is 4.79 Å². The van der Waals surface area contributed by atoms with E-state index in [1.165, 1.54) is 16.9 Å². The van der Waals surface area contributed by atoms with Crippen LogP contribution in [-0.4, -0.2) is 32.8 Å². The highest BCUT2D eigenvalue weighted by Crippen LogP contribution is 2.64. The molecule has 0 spiro atoms. The van der Waals surface area contributed by atoms with Crippen LogP contribution in [0.15, 0.2) is 84.5 Å². The van der Waals surface area contributed by atoms with Crippen molar-refractivity contribution in [2.24, 2.45) is 5.41 Å². The molecule has 2 atom stereocenters. The molecular weight excluding hydrogens is 458 g/mol. The molecule has 1 N–H and O–H groups in total. The number of H-pyrrole nitrogens is 1. The summed E-state index contributed by atoms with van der Waals surface area (Å²) in [6.07, 6.45) is 3.46. The molecule has 34 heavy (non-hydrogen) atoms. The Kier molecular flexibility index (Phi) is 5.59. The van der Waals surface area contributed by atoms with Crippen LogP contribution in [0.1, 0.15) is 48.0 Å². The number of nitrogens with zero attached hydrogens (tertiary/aromatic N) is 2. The largest absolute Gasteiger partial charge is 0.402 e. The van der Waals surface area contributed by atoms with Gasteiger partial charge in [-0.2, -0.15) is 0 Å². The van der Waals surface area contributed by atoms with Crippen molar-refractivity contribution in [2.75, 3.05) is 11.4 Å². The molecule has 5 rings (SSSR count). The average Bonchev–Trinajstić information content (AvgIpc) is 3.52. The number of ketones is 1. The van der Waals surface area contributed by atoms with Crippen molar-refractivity contribution in [2.45, 2.75) is 31.9 Å². The highest BCUT2D eigenvalue weighted by Gasteiger charge is 2.71. The Morgan fingerprint density at radius 3 is 2.26 bits per heavy atom. The van der Waals surface area contributed by atoms with Gasteiger partial charge in [-0.3, -0.25) is 4.79 Å². The number of nitrogens with one attached hydrogen (secondary N) is 1. The van der Waals surface area contributed by atoms with Gasteiger partial charge in [0.05, 0.1) is 5.41 Å². The molecule has 3 heterocycles. The quantitative estimate of drug-likeness (QED) is 0.318. The summed E-state index contributed by atoms with van der Waals surface area (Å²) in [5.41, 5.74) is 2.26. The first kappa shape index (κ1) is 22.8. The third kappa shape index (κ3) is 3.15. The normalized spacial score (nSPS) is 22.5. The zero-order valence-electron chi connectivity index (χ0n) is 19.9. The number of rotatable bonds is 6. The van der Waals surface area contributed by atoms with E-state index in [0.717, 1.165) is 17.2 Å². The van der Waals surface area contributed by atoms with Gasteiger partial charge < -0.3 is 14.3 Å². The molecule has 1 aliphatic heterocycles. The van der Waals surface area contributed by atoms with Gasteiger partial charge in [-0.05, 0) is 17.0 Å². The number of carbonyl (C=O) groups excluding carboxylic acids is 1. The Morgan fingerprint density at radius 2 is 1.71 bits per heavy atom. The van der Waals surface area contributed by atoms with Gasteiger partial charge in [-0.1, -0.05) is 81.4 Å². The number of benzene rings is 2. The van der Waals surface area contributed by atoms with Crippen LogP contribution in [0.25, 0.3) is 0 Å². The summed E-state index contributed by atoms with van der Waals surface area (Å²) in [4.78, 5) is 23.0. The topological polar surface area (TPSA) is 58.2 Å². The molecule has 2 unspecified atom stereocenters. The number of hydrogen-bond acceptors (Lipinski definition) is 5. The Labute approximate surface area is 207 Å². The molecule has 2 aromatic heterocycles. The molecule has 4 aromatic rings. The number of carbonyl (C=O) groups is 1. The van der Waals surface area contributed by atoms with Crippen molar-refractivity contribution >= 4 is 32.7 Å². The highest BCUT2D eigenvalue weighted by molar-refractivity contribution is 7.14. The molecule has 7 heteroatoms. The minimum Gasteiger partial charge on any atom is -0.402 e. The molecule has 1 saturated heterocycles. The second-order valence-electron chi connectivity index (χ2n) is 9.77. The first-order chi connectivity index (χ1) is 16.3.